The molecule has 13 heavy (non-hydrogen) atoms. The maximum atomic E-state index is 4.96. The van der Waals surface area contributed by atoms with Crippen LogP contribution in [0, 0.1) is 0 Å². The van der Waals surface area contributed by atoms with E-state index in [1.807, 2.05) is 7.05 Å². The number of nitrogens with one attached hydrogen (secondary N) is 2. The van der Waals surface area contributed by atoms with E-state index < -0.39 is 0 Å². The molecule has 0 atom stereocenters. The van der Waals surface area contributed by atoms with Crippen molar-refractivity contribution in [1.29, 1.82) is 0 Å². The first-order valence-electron chi connectivity index (χ1n) is 4.92. The highest BCUT2D eigenvalue weighted by atomic mass is 32.1. The molecule has 0 heterocycles. The Kier molecular flexibility index (Phi) is 8.04. The van der Waals surface area contributed by atoms with Gasteiger partial charge in [-0.15, -0.1) is 0 Å². The zero-order chi connectivity index (χ0) is 10.1. The summed E-state index contributed by atoms with van der Waals surface area (Å²) in [5.41, 5.74) is 0. The molecule has 4 heteroatoms. The third-order valence-corrected chi connectivity index (χ3v) is 2.41. The Morgan fingerprint density at radius 1 is 1.31 bits per heavy atom. The molecule has 0 aromatic rings. The SMILES string of the molecule is CCN(CC)CCCNC(=S)NC. The van der Waals surface area contributed by atoms with Crippen LogP contribution in [0.5, 0.6) is 0 Å². The van der Waals surface area contributed by atoms with Crippen LogP contribution in [0.15, 0.2) is 0 Å². The number of rotatable bonds is 6. The van der Waals surface area contributed by atoms with Crippen molar-refractivity contribution in [1.82, 2.24) is 15.5 Å². The van der Waals surface area contributed by atoms with E-state index in [0.717, 1.165) is 37.7 Å². The Labute approximate surface area is 86.9 Å². The Morgan fingerprint density at radius 3 is 2.38 bits per heavy atom. The summed E-state index contributed by atoms with van der Waals surface area (Å²) in [7, 11) is 1.83. The minimum atomic E-state index is 0.736. The van der Waals surface area contributed by atoms with Crippen molar-refractivity contribution in [3.05, 3.63) is 0 Å². The zero-order valence-corrected chi connectivity index (χ0v) is 9.71. The molecule has 3 nitrogen and oxygen atoms in total. The molecule has 0 aliphatic rings. The lowest BCUT2D eigenvalue weighted by Gasteiger charge is -2.17. The highest BCUT2D eigenvalue weighted by Crippen LogP contribution is 1.88. The summed E-state index contributed by atoms with van der Waals surface area (Å²) < 4.78 is 0. The van der Waals surface area contributed by atoms with E-state index in [1.165, 1.54) is 0 Å². The maximum absolute atomic E-state index is 4.96. The monoisotopic (exact) mass is 203 g/mol. The minimum absolute atomic E-state index is 0.736. The summed E-state index contributed by atoms with van der Waals surface area (Å²) in [4.78, 5) is 2.41. The summed E-state index contributed by atoms with van der Waals surface area (Å²) in [5.74, 6) is 0. The van der Waals surface area contributed by atoms with Gasteiger partial charge in [0.05, 0.1) is 0 Å². The lowest BCUT2D eigenvalue weighted by atomic mass is 10.3. The lowest BCUT2D eigenvalue weighted by Crippen LogP contribution is -2.34. The van der Waals surface area contributed by atoms with Gasteiger partial charge in [-0.05, 0) is 38.3 Å². The Hall–Kier alpha value is -0.350. The molecule has 0 spiro atoms. The van der Waals surface area contributed by atoms with E-state index in [2.05, 4.69) is 29.4 Å². The first-order chi connectivity index (χ1) is 6.24. The van der Waals surface area contributed by atoms with Crippen molar-refractivity contribution in [3.63, 3.8) is 0 Å². The van der Waals surface area contributed by atoms with Gasteiger partial charge in [-0.1, -0.05) is 13.8 Å². The molecule has 0 aliphatic heterocycles. The van der Waals surface area contributed by atoms with Crippen LogP contribution in [0.1, 0.15) is 20.3 Å². The third kappa shape index (κ3) is 6.78. The second-order valence-electron chi connectivity index (χ2n) is 2.89. The van der Waals surface area contributed by atoms with Crippen LogP contribution in [-0.2, 0) is 0 Å². The number of hydrogen-bond donors (Lipinski definition) is 2. The van der Waals surface area contributed by atoms with Gasteiger partial charge in [0.15, 0.2) is 5.11 Å². The molecule has 0 amide bonds. The fourth-order valence-corrected chi connectivity index (χ4v) is 1.23. The van der Waals surface area contributed by atoms with Crippen LogP contribution in [0.4, 0.5) is 0 Å². The molecule has 2 N–H and O–H groups in total. The fourth-order valence-electron chi connectivity index (χ4n) is 1.13. The normalized spacial score (nSPS) is 10.2. The summed E-state index contributed by atoms with van der Waals surface area (Å²) in [5, 5.41) is 6.75. The van der Waals surface area contributed by atoms with Crippen LogP contribution in [0.2, 0.25) is 0 Å². The van der Waals surface area contributed by atoms with Crippen LogP contribution < -0.4 is 10.6 Å². The number of nitrogens with zero attached hydrogens (tertiary/aromatic N) is 1. The summed E-state index contributed by atoms with van der Waals surface area (Å²) in [6.07, 6.45) is 1.14. The molecule has 0 radical (unpaired) electrons. The lowest BCUT2D eigenvalue weighted by molar-refractivity contribution is 0.300. The van der Waals surface area contributed by atoms with Crippen LogP contribution in [0.25, 0.3) is 0 Å². The second kappa shape index (κ2) is 8.26. The van der Waals surface area contributed by atoms with Crippen LogP contribution in [-0.4, -0.2) is 43.2 Å². The predicted molar refractivity (Wildman–Crippen MR) is 62.1 cm³/mol. The number of hydrogen-bond acceptors (Lipinski definition) is 2. The highest BCUT2D eigenvalue weighted by Gasteiger charge is 1.97. The third-order valence-electron chi connectivity index (χ3n) is 2.06. The molecule has 0 fully saturated rings. The molecule has 78 valence electrons. The summed E-state index contributed by atoms with van der Waals surface area (Å²) in [6, 6.07) is 0. The summed E-state index contributed by atoms with van der Waals surface area (Å²) in [6.45, 7) is 8.74. The fraction of sp³-hybridized carbons (Fsp3) is 0.889. The number of thiocarbonyl (C=S) groups is 1. The molecule has 0 aromatic heterocycles. The molecule has 0 unspecified atom stereocenters. The Morgan fingerprint density at radius 2 is 1.92 bits per heavy atom. The minimum Gasteiger partial charge on any atom is -0.366 e. The highest BCUT2D eigenvalue weighted by molar-refractivity contribution is 7.80. The zero-order valence-electron chi connectivity index (χ0n) is 8.89. The van der Waals surface area contributed by atoms with Gasteiger partial charge in [0.25, 0.3) is 0 Å². The average Bonchev–Trinajstić information content (AvgIpc) is 2.18. The van der Waals surface area contributed by atoms with Crippen molar-refractivity contribution < 1.29 is 0 Å². The van der Waals surface area contributed by atoms with E-state index in [9.17, 15) is 0 Å². The average molecular weight is 203 g/mol. The second-order valence-corrected chi connectivity index (χ2v) is 3.29. The molecular formula is C9H21N3S. The van der Waals surface area contributed by atoms with Crippen molar-refractivity contribution in [2.45, 2.75) is 20.3 Å². The van der Waals surface area contributed by atoms with Crippen molar-refractivity contribution >= 4 is 17.3 Å². The van der Waals surface area contributed by atoms with Crippen molar-refractivity contribution in [2.24, 2.45) is 0 Å². The standard InChI is InChI=1S/C9H21N3S/c1-4-12(5-2)8-6-7-11-9(13)10-3/h4-8H2,1-3H3,(H2,10,11,13). The quantitative estimate of drug-likeness (QED) is 0.493. The smallest absolute Gasteiger partial charge is 0.166 e. The molecule has 0 aliphatic carbocycles. The topological polar surface area (TPSA) is 27.3 Å². The van der Waals surface area contributed by atoms with E-state index in [-0.39, 0.29) is 0 Å². The van der Waals surface area contributed by atoms with Crippen molar-refractivity contribution in [2.75, 3.05) is 33.2 Å². The molecule has 0 saturated carbocycles. The largest absolute Gasteiger partial charge is 0.366 e. The van der Waals surface area contributed by atoms with Gasteiger partial charge in [0.2, 0.25) is 0 Å². The van der Waals surface area contributed by atoms with Gasteiger partial charge in [-0.3, -0.25) is 0 Å². The Bertz CT molecular complexity index is 135. The van der Waals surface area contributed by atoms with E-state index in [4.69, 9.17) is 12.2 Å². The van der Waals surface area contributed by atoms with Gasteiger partial charge in [-0.25, -0.2) is 0 Å². The maximum Gasteiger partial charge on any atom is 0.166 e. The predicted octanol–water partition coefficient (Wildman–Crippen LogP) is 0.812. The van der Waals surface area contributed by atoms with Gasteiger partial charge < -0.3 is 15.5 Å². The first-order valence-corrected chi connectivity index (χ1v) is 5.33. The molecule has 0 rings (SSSR count). The Balaban J connectivity index is 3.28. The first kappa shape index (κ1) is 12.7. The van der Waals surface area contributed by atoms with Crippen LogP contribution >= 0.6 is 12.2 Å². The molecule has 0 bridgehead atoms. The van der Waals surface area contributed by atoms with Crippen molar-refractivity contribution in [3.8, 4) is 0 Å². The molecule has 0 aromatic carbocycles. The summed E-state index contributed by atoms with van der Waals surface area (Å²) >= 11 is 4.96. The van der Waals surface area contributed by atoms with Gasteiger partial charge in [0, 0.05) is 13.6 Å². The van der Waals surface area contributed by atoms with Gasteiger partial charge in [-0.2, -0.15) is 0 Å². The molecular weight excluding hydrogens is 182 g/mol. The van der Waals surface area contributed by atoms with Gasteiger partial charge >= 0.3 is 0 Å². The van der Waals surface area contributed by atoms with Gasteiger partial charge in [0.1, 0.15) is 0 Å². The van der Waals surface area contributed by atoms with E-state index in [0.29, 0.717) is 0 Å². The van der Waals surface area contributed by atoms with Crippen LogP contribution in [0.3, 0.4) is 0 Å². The molecule has 0 saturated heterocycles. The van der Waals surface area contributed by atoms with E-state index in [1.54, 1.807) is 0 Å². The van der Waals surface area contributed by atoms with E-state index >= 15 is 0 Å².